The van der Waals surface area contributed by atoms with Crippen molar-refractivity contribution in [2.75, 3.05) is 13.2 Å². The Morgan fingerprint density at radius 2 is 1.87 bits per heavy atom. The van der Waals surface area contributed by atoms with E-state index in [2.05, 4.69) is 10.5 Å². The van der Waals surface area contributed by atoms with Crippen molar-refractivity contribution in [1.82, 2.24) is 9.73 Å². The summed E-state index contributed by atoms with van der Waals surface area (Å²) in [5.74, 6) is -1.51. The van der Waals surface area contributed by atoms with Crippen molar-refractivity contribution in [3.05, 3.63) is 59.1 Å². The number of sulfonamides is 1. The molecule has 2 aromatic carbocycles. The Morgan fingerprint density at radius 3 is 2.52 bits per heavy atom. The molecule has 0 aromatic heterocycles. The highest BCUT2D eigenvalue weighted by molar-refractivity contribution is 7.89. The van der Waals surface area contributed by atoms with Crippen molar-refractivity contribution in [3.63, 3.8) is 0 Å². The van der Waals surface area contributed by atoms with Crippen LogP contribution in [0.3, 0.4) is 0 Å². The Labute approximate surface area is 184 Å². The van der Waals surface area contributed by atoms with Gasteiger partial charge in [-0.2, -0.15) is 9.41 Å². The van der Waals surface area contributed by atoms with E-state index in [1.165, 1.54) is 34.8 Å². The maximum absolute atomic E-state index is 12.9. The smallest absolute Gasteiger partial charge is 0.258 e. The van der Waals surface area contributed by atoms with Crippen molar-refractivity contribution in [1.29, 1.82) is 0 Å². The predicted octanol–water partition coefficient (Wildman–Crippen LogP) is 0.772. The normalized spacial score (nSPS) is 17.0. The monoisotopic (exact) mass is 464 g/mol. The van der Waals surface area contributed by atoms with Gasteiger partial charge in [0.05, 0.1) is 17.1 Å². The van der Waals surface area contributed by atoms with Gasteiger partial charge in [0.25, 0.3) is 5.91 Å². The largest absolute Gasteiger partial charge is 0.546 e. The van der Waals surface area contributed by atoms with E-state index in [4.69, 9.17) is 16.3 Å². The first-order chi connectivity index (χ1) is 14.8. The summed E-state index contributed by atoms with van der Waals surface area (Å²) in [6.45, 7) is -0.319. The lowest BCUT2D eigenvalue weighted by molar-refractivity contribution is -0.307. The zero-order valence-corrected chi connectivity index (χ0v) is 17.8. The molecule has 0 saturated carbocycles. The Hall–Kier alpha value is -2.95. The summed E-state index contributed by atoms with van der Waals surface area (Å²) >= 11 is 5.82. The third kappa shape index (κ3) is 5.81. The number of ether oxygens (including phenoxy) is 1. The molecular formula is C20H19ClN3O6S-. The number of rotatable bonds is 8. The minimum absolute atomic E-state index is 0.0705. The maximum Gasteiger partial charge on any atom is 0.258 e. The summed E-state index contributed by atoms with van der Waals surface area (Å²) in [6.07, 6.45) is 2.33. The molecule has 1 amide bonds. The number of halogens is 1. The zero-order chi connectivity index (χ0) is 22.4. The van der Waals surface area contributed by atoms with Gasteiger partial charge in [0.1, 0.15) is 18.4 Å². The van der Waals surface area contributed by atoms with E-state index in [0.29, 0.717) is 29.2 Å². The van der Waals surface area contributed by atoms with Gasteiger partial charge in [0.2, 0.25) is 10.0 Å². The molecule has 0 radical (unpaired) electrons. The Bertz CT molecular complexity index is 1070. The van der Waals surface area contributed by atoms with Crippen molar-refractivity contribution >= 4 is 39.7 Å². The van der Waals surface area contributed by atoms with E-state index in [-0.39, 0.29) is 11.4 Å². The first-order valence-electron chi connectivity index (χ1n) is 9.30. The van der Waals surface area contributed by atoms with Gasteiger partial charge in [-0.3, -0.25) is 4.79 Å². The molecule has 0 aliphatic carbocycles. The van der Waals surface area contributed by atoms with Crippen LogP contribution in [0.1, 0.15) is 18.4 Å². The number of hydrogen-bond acceptors (Lipinski definition) is 7. The Morgan fingerprint density at radius 1 is 1.19 bits per heavy atom. The number of carboxylic acid groups (broad SMARTS) is 1. The van der Waals surface area contributed by atoms with Crippen LogP contribution in [0.2, 0.25) is 5.02 Å². The highest BCUT2D eigenvalue weighted by atomic mass is 35.5. The molecule has 1 aliphatic rings. The number of carboxylic acids is 1. The molecular weight excluding hydrogens is 446 g/mol. The number of hydrogen-bond donors (Lipinski definition) is 1. The second-order valence-electron chi connectivity index (χ2n) is 6.69. The Balaban J connectivity index is 1.61. The molecule has 31 heavy (non-hydrogen) atoms. The number of benzene rings is 2. The van der Waals surface area contributed by atoms with E-state index >= 15 is 0 Å². The molecule has 1 fully saturated rings. The molecule has 9 nitrogen and oxygen atoms in total. The number of nitrogens with zero attached hydrogens (tertiary/aromatic N) is 2. The lowest BCUT2D eigenvalue weighted by Crippen LogP contribution is -2.44. The van der Waals surface area contributed by atoms with Gasteiger partial charge in [0, 0.05) is 11.6 Å². The van der Waals surface area contributed by atoms with Gasteiger partial charge in [-0.1, -0.05) is 11.6 Å². The lowest BCUT2D eigenvalue weighted by Gasteiger charge is -2.22. The molecule has 0 bridgehead atoms. The fraction of sp³-hybridized carbons (Fsp3) is 0.250. The van der Waals surface area contributed by atoms with Crippen LogP contribution >= 0.6 is 11.6 Å². The van der Waals surface area contributed by atoms with Gasteiger partial charge in [-0.05, 0) is 66.9 Å². The van der Waals surface area contributed by atoms with E-state index < -0.39 is 34.5 Å². The minimum Gasteiger partial charge on any atom is -0.546 e. The quantitative estimate of drug-likeness (QED) is 0.454. The maximum atomic E-state index is 12.9. The third-order valence-corrected chi connectivity index (χ3v) is 6.73. The second-order valence-corrected chi connectivity index (χ2v) is 9.02. The standard InChI is InChI=1S/C20H20ClN3O6S/c21-15-5-9-17(10-6-15)31(28,29)24-11-1-2-18(24)20(27)23-22-12-14-3-7-16(8-4-14)30-13-19(25)26/h3-10,12,18H,1-2,11,13H2,(H,23,27)(H,25,26)/p-1/b22-12-/t18-/m0/s1. The van der Waals surface area contributed by atoms with Crippen molar-refractivity contribution in [2.24, 2.45) is 5.10 Å². The molecule has 0 spiro atoms. The number of aliphatic carboxylic acids is 1. The van der Waals surface area contributed by atoms with Gasteiger partial charge < -0.3 is 14.6 Å². The van der Waals surface area contributed by atoms with E-state index in [1.54, 1.807) is 24.3 Å². The van der Waals surface area contributed by atoms with E-state index in [9.17, 15) is 23.1 Å². The van der Waals surface area contributed by atoms with E-state index in [0.717, 1.165) is 0 Å². The molecule has 1 aliphatic heterocycles. The molecule has 11 heteroatoms. The van der Waals surface area contributed by atoms with Gasteiger partial charge in [0.15, 0.2) is 0 Å². The Kier molecular flexibility index (Phi) is 7.26. The van der Waals surface area contributed by atoms with Crippen LogP contribution in [-0.2, 0) is 19.6 Å². The molecule has 0 unspecified atom stereocenters. The number of amides is 1. The number of carbonyl (C=O) groups excluding carboxylic acids is 2. The molecule has 3 rings (SSSR count). The molecule has 2 aromatic rings. The molecule has 1 saturated heterocycles. The summed E-state index contributed by atoms with van der Waals surface area (Å²) < 4.78 is 31.9. The average Bonchev–Trinajstić information content (AvgIpc) is 3.24. The van der Waals surface area contributed by atoms with Crippen LogP contribution in [0, 0.1) is 0 Å². The SMILES string of the molecule is O=C([O-])COc1ccc(/C=N\NC(=O)[C@@H]2CCCN2S(=O)(=O)c2ccc(Cl)cc2)cc1. The van der Waals surface area contributed by atoms with Crippen LogP contribution in [-0.4, -0.2) is 50.0 Å². The van der Waals surface area contributed by atoms with Gasteiger partial charge in [-0.25, -0.2) is 13.8 Å². The van der Waals surface area contributed by atoms with Crippen molar-refractivity contribution < 1.29 is 27.9 Å². The topological polar surface area (TPSA) is 128 Å². The first kappa shape index (κ1) is 22.7. The summed E-state index contributed by atoms with van der Waals surface area (Å²) in [5.41, 5.74) is 3.00. The molecule has 1 N–H and O–H groups in total. The fourth-order valence-corrected chi connectivity index (χ4v) is 4.85. The average molecular weight is 465 g/mol. The highest BCUT2D eigenvalue weighted by Gasteiger charge is 2.39. The van der Waals surface area contributed by atoms with Crippen molar-refractivity contribution in [2.45, 2.75) is 23.8 Å². The van der Waals surface area contributed by atoms with Crippen LogP contribution in [0.5, 0.6) is 5.75 Å². The summed E-state index contributed by atoms with van der Waals surface area (Å²) in [6, 6.07) is 11.2. The van der Waals surface area contributed by atoms with Crippen molar-refractivity contribution in [3.8, 4) is 5.75 Å². The summed E-state index contributed by atoms with van der Waals surface area (Å²) in [4.78, 5) is 23.0. The fourth-order valence-electron chi connectivity index (χ4n) is 3.07. The first-order valence-corrected chi connectivity index (χ1v) is 11.1. The minimum atomic E-state index is -3.84. The highest BCUT2D eigenvalue weighted by Crippen LogP contribution is 2.27. The number of carbonyl (C=O) groups is 2. The second kappa shape index (κ2) is 9.90. The number of hydrazone groups is 1. The summed E-state index contributed by atoms with van der Waals surface area (Å²) in [5, 5.41) is 14.7. The molecule has 1 atom stereocenters. The van der Waals surface area contributed by atoms with Crippen LogP contribution < -0.4 is 15.3 Å². The van der Waals surface area contributed by atoms with Crippen LogP contribution in [0.4, 0.5) is 0 Å². The van der Waals surface area contributed by atoms with Gasteiger partial charge >= 0.3 is 0 Å². The van der Waals surface area contributed by atoms with Crippen LogP contribution in [0.15, 0.2) is 58.5 Å². The summed E-state index contributed by atoms with van der Waals surface area (Å²) in [7, 11) is -3.84. The van der Waals surface area contributed by atoms with Crippen LogP contribution in [0.25, 0.3) is 0 Å². The zero-order valence-electron chi connectivity index (χ0n) is 16.2. The third-order valence-electron chi connectivity index (χ3n) is 4.55. The van der Waals surface area contributed by atoms with Gasteiger partial charge in [-0.15, -0.1) is 0 Å². The van der Waals surface area contributed by atoms with E-state index in [1.807, 2.05) is 0 Å². The number of nitrogens with one attached hydrogen (secondary N) is 1. The molecule has 1 heterocycles. The predicted molar refractivity (Wildman–Crippen MR) is 111 cm³/mol. The lowest BCUT2D eigenvalue weighted by atomic mass is 10.2. The molecule has 164 valence electrons.